The fourth-order valence-corrected chi connectivity index (χ4v) is 1.77. The first-order valence-electron chi connectivity index (χ1n) is 4.28. The van der Waals surface area contributed by atoms with E-state index in [0.29, 0.717) is 0 Å². The zero-order valence-corrected chi connectivity index (χ0v) is 11.1. The molecular formula is C11H11BrCl2. The van der Waals surface area contributed by atoms with Gasteiger partial charge in [-0.25, -0.2) is 0 Å². The Hall–Kier alpha value is 0.0200. The van der Waals surface area contributed by atoms with Crippen molar-refractivity contribution in [3.05, 3.63) is 38.8 Å². The Morgan fingerprint density at radius 3 is 2.64 bits per heavy atom. The summed E-state index contributed by atoms with van der Waals surface area (Å²) < 4.78 is 0.983. The normalized spacial score (nSPS) is 14.2. The summed E-state index contributed by atoms with van der Waals surface area (Å²) in [4.78, 5) is 0. The number of allylic oxidation sites excluding steroid dienone is 1. The van der Waals surface area contributed by atoms with Crippen LogP contribution in [-0.2, 0) is 0 Å². The van der Waals surface area contributed by atoms with E-state index in [9.17, 15) is 0 Å². The Labute approximate surface area is 103 Å². The highest BCUT2D eigenvalue weighted by molar-refractivity contribution is 9.10. The van der Waals surface area contributed by atoms with Crippen LogP contribution >= 0.6 is 39.1 Å². The average molecular weight is 294 g/mol. The minimum atomic E-state index is 0.0368. The van der Waals surface area contributed by atoms with Crippen molar-refractivity contribution in [2.45, 2.75) is 19.2 Å². The molecule has 0 aliphatic heterocycles. The van der Waals surface area contributed by atoms with Gasteiger partial charge >= 0.3 is 0 Å². The van der Waals surface area contributed by atoms with Crippen LogP contribution in [0.1, 0.15) is 19.4 Å². The van der Waals surface area contributed by atoms with Gasteiger partial charge < -0.3 is 0 Å². The predicted molar refractivity (Wildman–Crippen MR) is 68.1 cm³/mol. The van der Waals surface area contributed by atoms with Crippen LogP contribution in [0.4, 0.5) is 0 Å². The number of benzene rings is 1. The third-order valence-corrected chi connectivity index (χ3v) is 3.14. The van der Waals surface area contributed by atoms with E-state index < -0.39 is 0 Å². The molecule has 0 nitrogen and oxygen atoms in total. The summed E-state index contributed by atoms with van der Waals surface area (Å²) in [6.45, 7) is 3.94. The maximum absolute atomic E-state index is 6.06. The highest BCUT2D eigenvalue weighted by Crippen LogP contribution is 2.24. The molecule has 0 saturated carbocycles. The zero-order chi connectivity index (χ0) is 10.7. The Bertz CT molecular complexity index is 356. The van der Waals surface area contributed by atoms with Gasteiger partial charge in [-0.3, -0.25) is 0 Å². The molecule has 0 N–H and O–H groups in total. The molecular weight excluding hydrogens is 283 g/mol. The van der Waals surface area contributed by atoms with Crippen molar-refractivity contribution in [2.75, 3.05) is 0 Å². The lowest BCUT2D eigenvalue weighted by Gasteiger charge is -2.04. The molecule has 0 aliphatic carbocycles. The summed E-state index contributed by atoms with van der Waals surface area (Å²) in [5.74, 6) is 0. The first-order valence-corrected chi connectivity index (χ1v) is 5.88. The quantitative estimate of drug-likeness (QED) is 0.663. The van der Waals surface area contributed by atoms with Crippen molar-refractivity contribution in [3.63, 3.8) is 0 Å². The van der Waals surface area contributed by atoms with Crippen molar-refractivity contribution in [2.24, 2.45) is 0 Å². The van der Waals surface area contributed by atoms with Gasteiger partial charge in [-0.1, -0.05) is 45.2 Å². The first-order chi connectivity index (χ1) is 6.50. The van der Waals surface area contributed by atoms with Crippen molar-refractivity contribution in [1.82, 2.24) is 0 Å². The van der Waals surface area contributed by atoms with E-state index in [1.807, 2.05) is 38.1 Å². The van der Waals surface area contributed by atoms with Gasteiger partial charge in [0.25, 0.3) is 0 Å². The zero-order valence-electron chi connectivity index (χ0n) is 8.02. The van der Waals surface area contributed by atoms with Gasteiger partial charge in [0.05, 0.1) is 5.38 Å². The van der Waals surface area contributed by atoms with Gasteiger partial charge in [-0.05, 0) is 31.5 Å². The van der Waals surface area contributed by atoms with E-state index in [-0.39, 0.29) is 5.38 Å². The van der Waals surface area contributed by atoms with Crippen LogP contribution in [0, 0.1) is 0 Å². The summed E-state index contributed by atoms with van der Waals surface area (Å²) in [7, 11) is 0. The number of alkyl halides is 1. The minimum absolute atomic E-state index is 0.0368. The molecule has 1 aromatic rings. The first kappa shape index (κ1) is 12.1. The topological polar surface area (TPSA) is 0 Å². The van der Waals surface area contributed by atoms with E-state index in [4.69, 9.17) is 23.2 Å². The second-order valence-electron chi connectivity index (χ2n) is 3.17. The Morgan fingerprint density at radius 2 is 2.14 bits per heavy atom. The maximum atomic E-state index is 6.06. The van der Waals surface area contributed by atoms with Crippen LogP contribution in [0.3, 0.4) is 0 Å². The summed E-state index contributed by atoms with van der Waals surface area (Å²) in [6, 6.07) is 5.80. The molecule has 1 atom stereocenters. The van der Waals surface area contributed by atoms with E-state index in [1.54, 1.807) is 0 Å². The van der Waals surface area contributed by atoms with Crippen molar-refractivity contribution >= 4 is 45.2 Å². The molecule has 0 aliphatic rings. The minimum Gasteiger partial charge on any atom is -0.118 e. The third-order valence-electron chi connectivity index (χ3n) is 1.97. The predicted octanol–water partition coefficient (Wildman–Crippen LogP) is 5.13. The van der Waals surface area contributed by atoms with Crippen molar-refractivity contribution < 1.29 is 0 Å². The van der Waals surface area contributed by atoms with Gasteiger partial charge in [0.15, 0.2) is 0 Å². The second-order valence-corrected chi connectivity index (χ2v) is 5.15. The van der Waals surface area contributed by atoms with Crippen molar-refractivity contribution in [3.8, 4) is 0 Å². The van der Waals surface area contributed by atoms with Crippen LogP contribution in [-0.4, -0.2) is 5.38 Å². The van der Waals surface area contributed by atoms with Crippen LogP contribution in [0.5, 0.6) is 0 Å². The van der Waals surface area contributed by atoms with Crippen molar-refractivity contribution in [1.29, 1.82) is 0 Å². The molecule has 14 heavy (non-hydrogen) atoms. The van der Waals surface area contributed by atoms with Crippen LogP contribution in [0.25, 0.3) is 6.08 Å². The molecule has 0 bridgehead atoms. The SMILES string of the molecule is C/C(=C\c1ccc(Br)cc1Cl)C(C)Cl. The molecule has 0 fully saturated rings. The molecule has 0 amide bonds. The molecule has 1 unspecified atom stereocenters. The highest BCUT2D eigenvalue weighted by Gasteiger charge is 2.02. The van der Waals surface area contributed by atoms with E-state index in [2.05, 4.69) is 15.9 Å². The standard InChI is InChI=1S/C11H11BrCl2/c1-7(8(2)13)5-9-3-4-10(12)6-11(9)14/h3-6,8H,1-2H3/b7-5+. The Morgan fingerprint density at radius 1 is 1.50 bits per heavy atom. The Kier molecular flexibility index (Phi) is 4.49. The average Bonchev–Trinajstić information content (AvgIpc) is 2.09. The fourth-order valence-electron chi connectivity index (χ4n) is 0.979. The highest BCUT2D eigenvalue weighted by atomic mass is 79.9. The lowest BCUT2D eigenvalue weighted by atomic mass is 10.1. The molecule has 0 saturated heterocycles. The second kappa shape index (κ2) is 5.20. The van der Waals surface area contributed by atoms with Crippen LogP contribution in [0.2, 0.25) is 5.02 Å². The largest absolute Gasteiger partial charge is 0.118 e. The Balaban J connectivity index is 3.03. The van der Waals surface area contributed by atoms with E-state index >= 15 is 0 Å². The molecule has 1 rings (SSSR count). The fraction of sp³-hybridized carbons (Fsp3) is 0.273. The van der Waals surface area contributed by atoms with Gasteiger partial charge in [0, 0.05) is 9.50 Å². The monoisotopic (exact) mass is 292 g/mol. The summed E-state index contributed by atoms with van der Waals surface area (Å²) >= 11 is 15.4. The third kappa shape index (κ3) is 3.30. The molecule has 0 radical (unpaired) electrons. The van der Waals surface area contributed by atoms with Gasteiger partial charge in [-0.15, -0.1) is 11.6 Å². The van der Waals surface area contributed by atoms with Gasteiger partial charge in [0.2, 0.25) is 0 Å². The summed E-state index contributed by atoms with van der Waals surface area (Å²) in [6.07, 6.45) is 2.01. The lowest BCUT2D eigenvalue weighted by molar-refractivity contribution is 1.12. The number of rotatable bonds is 2. The number of hydrogen-bond donors (Lipinski definition) is 0. The van der Waals surface area contributed by atoms with E-state index in [0.717, 1.165) is 20.6 Å². The maximum Gasteiger partial charge on any atom is 0.0517 e. The number of hydrogen-bond acceptors (Lipinski definition) is 0. The van der Waals surface area contributed by atoms with Crippen LogP contribution in [0.15, 0.2) is 28.2 Å². The number of halogens is 3. The van der Waals surface area contributed by atoms with Gasteiger partial charge in [-0.2, -0.15) is 0 Å². The summed E-state index contributed by atoms with van der Waals surface area (Å²) in [5.41, 5.74) is 2.11. The smallest absolute Gasteiger partial charge is 0.0517 e. The lowest BCUT2D eigenvalue weighted by Crippen LogP contribution is -1.91. The molecule has 0 heterocycles. The molecule has 3 heteroatoms. The van der Waals surface area contributed by atoms with Crippen LogP contribution < -0.4 is 0 Å². The van der Waals surface area contributed by atoms with Gasteiger partial charge in [0.1, 0.15) is 0 Å². The molecule has 76 valence electrons. The molecule has 0 aromatic heterocycles. The van der Waals surface area contributed by atoms with E-state index in [1.165, 1.54) is 0 Å². The molecule has 0 spiro atoms. The molecule has 1 aromatic carbocycles. The summed E-state index contributed by atoms with van der Waals surface area (Å²) in [5, 5.41) is 0.769.